The maximum absolute atomic E-state index is 11.5. The molecule has 0 spiro atoms. The smallest absolute Gasteiger partial charge is 0.341 e. The van der Waals surface area contributed by atoms with Gasteiger partial charge in [-0.05, 0) is 12.1 Å². The van der Waals surface area contributed by atoms with E-state index >= 15 is 0 Å². The van der Waals surface area contributed by atoms with E-state index in [0.717, 1.165) is 4.47 Å². The van der Waals surface area contributed by atoms with E-state index in [9.17, 15) is 4.79 Å². The number of aryl methyl sites for hydroxylation is 1. The average Bonchev–Trinajstić information content (AvgIpc) is 2.69. The summed E-state index contributed by atoms with van der Waals surface area (Å²) in [4.78, 5) is 15.8. The van der Waals surface area contributed by atoms with Crippen molar-refractivity contribution >= 4 is 33.0 Å². The van der Waals surface area contributed by atoms with Crippen LogP contribution in [0.1, 0.15) is 23.2 Å². The van der Waals surface area contributed by atoms with Crippen molar-refractivity contribution < 1.29 is 13.9 Å². The van der Waals surface area contributed by atoms with Crippen LogP contribution in [0.25, 0.3) is 11.1 Å². The van der Waals surface area contributed by atoms with Crippen LogP contribution in [-0.4, -0.2) is 18.1 Å². The molecule has 0 atom stereocenters. The first-order valence-electron chi connectivity index (χ1n) is 4.83. The molecule has 1 aromatic carbocycles. The molecule has 84 valence electrons. The molecule has 0 radical (unpaired) electrons. The summed E-state index contributed by atoms with van der Waals surface area (Å²) in [5.74, 6) is 0.184. The van der Waals surface area contributed by atoms with Crippen LogP contribution in [-0.2, 0) is 11.2 Å². The Morgan fingerprint density at radius 2 is 2.31 bits per heavy atom. The van der Waals surface area contributed by atoms with Crippen molar-refractivity contribution in [3.63, 3.8) is 0 Å². The SMILES string of the molecule is CCc1nc2cc(Br)cc(C(=O)OC)c2o1. The monoisotopic (exact) mass is 283 g/mol. The maximum Gasteiger partial charge on any atom is 0.341 e. The third-order valence-electron chi connectivity index (χ3n) is 2.21. The van der Waals surface area contributed by atoms with Gasteiger partial charge in [-0.15, -0.1) is 0 Å². The van der Waals surface area contributed by atoms with Gasteiger partial charge >= 0.3 is 5.97 Å². The number of ether oxygens (including phenoxy) is 1. The van der Waals surface area contributed by atoms with E-state index in [2.05, 4.69) is 20.9 Å². The number of nitrogens with zero attached hydrogens (tertiary/aromatic N) is 1. The number of esters is 1. The molecule has 2 rings (SSSR count). The number of aromatic nitrogens is 1. The fourth-order valence-electron chi connectivity index (χ4n) is 1.46. The second-order valence-corrected chi connectivity index (χ2v) is 4.17. The highest BCUT2D eigenvalue weighted by atomic mass is 79.9. The van der Waals surface area contributed by atoms with Crippen molar-refractivity contribution in [2.24, 2.45) is 0 Å². The molecule has 2 aromatic rings. The van der Waals surface area contributed by atoms with Gasteiger partial charge in [0.25, 0.3) is 0 Å². The summed E-state index contributed by atoms with van der Waals surface area (Å²) >= 11 is 3.32. The molecule has 0 N–H and O–H groups in total. The van der Waals surface area contributed by atoms with Gasteiger partial charge in [0.05, 0.1) is 7.11 Å². The van der Waals surface area contributed by atoms with Gasteiger partial charge < -0.3 is 9.15 Å². The van der Waals surface area contributed by atoms with Crippen molar-refractivity contribution in [1.82, 2.24) is 4.98 Å². The number of oxazole rings is 1. The van der Waals surface area contributed by atoms with Crippen molar-refractivity contribution in [2.75, 3.05) is 7.11 Å². The highest BCUT2D eigenvalue weighted by molar-refractivity contribution is 9.10. The zero-order valence-electron chi connectivity index (χ0n) is 8.91. The van der Waals surface area contributed by atoms with Gasteiger partial charge in [-0.3, -0.25) is 0 Å². The second kappa shape index (κ2) is 4.25. The van der Waals surface area contributed by atoms with Gasteiger partial charge in [-0.25, -0.2) is 9.78 Å². The Labute approximate surface area is 101 Å². The van der Waals surface area contributed by atoms with Gasteiger partial charge in [0.2, 0.25) is 0 Å². The zero-order valence-corrected chi connectivity index (χ0v) is 10.5. The van der Waals surface area contributed by atoms with Crippen LogP contribution in [0.15, 0.2) is 21.0 Å². The van der Waals surface area contributed by atoms with Crippen molar-refractivity contribution in [2.45, 2.75) is 13.3 Å². The Kier molecular flexibility index (Phi) is 2.96. The van der Waals surface area contributed by atoms with Crippen LogP contribution in [0.5, 0.6) is 0 Å². The number of rotatable bonds is 2. The van der Waals surface area contributed by atoms with Gasteiger partial charge in [0.15, 0.2) is 11.5 Å². The Morgan fingerprint density at radius 3 is 2.94 bits per heavy atom. The fraction of sp³-hybridized carbons (Fsp3) is 0.273. The van der Waals surface area contributed by atoms with E-state index in [0.29, 0.717) is 29.0 Å². The Morgan fingerprint density at radius 1 is 1.56 bits per heavy atom. The second-order valence-electron chi connectivity index (χ2n) is 3.25. The van der Waals surface area contributed by atoms with Crippen LogP contribution in [0, 0.1) is 0 Å². The minimum Gasteiger partial charge on any atom is -0.465 e. The number of hydrogen-bond donors (Lipinski definition) is 0. The highest BCUT2D eigenvalue weighted by Crippen LogP contribution is 2.25. The van der Waals surface area contributed by atoms with Gasteiger partial charge in [0, 0.05) is 10.9 Å². The molecular weight excluding hydrogens is 274 g/mol. The number of carbonyl (C=O) groups is 1. The molecule has 16 heavy (non-hydrogen) atoms. The van der Waals surface area contributed by atoms with E-state index in [4.69, 9.17) is 9.15 Å². The van der Waals surface area contributed by atoms with Crippen LogP contribution in [0.3, 0.4) is 0 Å². The minimum atomic E-state index is -0.426. The Hall–Kier alpha value is -1.36. The molecule has 0 unspecified atom stereocenters. The van der Waals surface area contributed by atoms with Crippen molar-refractivity contribution in [3.05, 3.63) is 28.1 Å². The summed E-state index contributed by atoms with van der Waals surface area (Å²) in [5.41, 5.74) is 1.53. The van der Waals surface area contributed by atoms with E-state index in [-0.39, 0.29) is 0 Å². The molecule has 1 heterocycles. The summed E-state index contributed by atoms with van der Waals surface area (Å²) in [6, 6.07) is 3.48. The number of halogens is 1. The summed E-state index contributed by atoms with van der Waals surface area (Å²) in [5, 5.41) is 0. The molecule has 4 nitrogen and oxygen atoms in total. The van der Waals surface area contributed by atoms with E-state index in [1.807, 2.05) is 13.0 Å². The van der Waals surface area contributed by atoms with Crippen molar-refractivity contribution in [3.8, 4) is 0 Å². The minimum absolute atomic E-state index is 0.388. The lowest BCUT2D eigenvalue weighted by atomic mass is 10.2. The predicted octanol–water partition coefficient (Wildman–Crippen LogP) is 2.94. The number of carbonyl (C=O) groups excluding carboxylic acids is 1. The summed E-state index contributed by atoms with van der Waals surface area (Å²) < 4.78 is 11.0. The standard InChI is InChI=1S/C11H10BrNO3/c1-3-9-13-8-5-6(12)4-7(10(8)16-9)11(14)15-2/h4-5H,3H2,1-2H3. The molecule has 5 heteroatoms. The number of methoxy groups -OCH3 is 1. The topological polar surface area (TPSA) is 52.3 Å². The first-order valence-corrected chi connectivity index (χ1v) is 5.62. The van der Waals surface area contributed by atoms with Crippen molar-refractivity contribution in [1.29, 1.82) is 0 Å². The molecule has 0 fully saturated rings. The van der Waals surface area contributed by atoms with E-state index in [1.54, 1.807) is 6.07 Å². The lowest BCUT2D eigenvalue weighted by Gasteiger charge is -1.99. The van der Waals surface area contributed by atoms with Crippen LogP contribution >= 0.6 is 15.9 Å². The number of fused-ring (bicyclic) bond motifs is 1. The van der Waals surface area contributed by atoms with E-state index in [1.165, 1.54) is 7.11 Å². The Balaban J connectivity index is 2.70. The lowest BCUT2D eigenvalue weighted by molar-refractivity contribution is 0.0601. The van der Waals surface area contributed by atoms with Gasteiger partial charge in [-0.1, -0.05) is 22.9 Å². The van der Waals surface area contributed by atoms with Crippen LogP contribution < -0.4 is 0 Å². The predicted molar refractivity (Wildman–Crippen MR) is 62.4 cm³/mol. The molecule has 0 aliphatic carbocycles. The molecular formula is C11H10BrNO3. The molecule has 0 aliphatic rings. The van der Waals surface area contributed by atoms with Crippen LogP contribution in [0.4, 0.5) is 0 Å². The maximum atomic E-state index is 11.5. The summed E-state index contributed by atoms with van der Waals surface area (Å²) in [6.45, 7) is 1.94. The molecule has 0 aliphatic heterocycles. The molecule has 0 bridgehead atoms. The average molecular weight is 284 g/mol. The first kappa shape index (κ1) is 11.1. The normalized spacial score (nSPS) is 10.7. The van der Waals surface area contributed by atoms with Gasteiger partial charge in [-0.2, -0.15) is 0 Å². The highest BCUT2D eigenvalue weighted by Gasteiger charge is 2.16. The number of hydrogen-bond acceptors (Lipinski definition) is 4. The third kappa shape index (κ3) is 1.82. The zero-order chi connectivity index (χ0) is 11.7. The first-order chi connectivity index (χ1) is 7.65. The quantitative estimate of drug-likeness (QED) is 0.796. The summed E-state index contributed by atoms with van der Waals surface area (Å²) in [6.07, 6.45) is 0.687. The molecule has 1 aromatic heterocycles. The largest absolute Gasteiger partial charge is 0.465 e. The number of benzene rings is 1. The third-order valence-corrected chi connectivity index (χ3v) is 2.66. The molecule has 0 saturated carbocycles. The molecule has 0 amide bonds. The van der Waals surface area contributed by atoms with Gasteiger partial charge in [0.1, 0.15) is 11.1 Å². The lowest BCUT2D eigenvalue weighted by Crippen LogP contribution is -2.01. The Bertz CT molecular complexity index is 547. The summed E-state index contributed by atoms with van der Waals surface area (Å²) in [7, 11) is 1.34. The van der Waals surface area contributed by atoms with E-state index < -0.39 is 5.97 Å². The molecule has 0 saturated heterocycles. The van der Waals surface area contributed by atoms with Crippen LogP contribution in [0.2, 0.25) is 0 Å². The fourth-order valence-corrected chi connectivity index (χ4v) is 1.90.